The number of nitrogens with zero attached hydrogens (tertiary/aromatic N) is 2. The van der Waals surface area contributed by atoms with E-state index in [-0.39, 0.29) is 5.41 Å². The van der Waals surface area contributed by atoms with E-state index in [0.717, 1.165) is 12.8 Å². The van der Waals surface area contributed by atoms with E-state index in [1.54, 1.807) is 0 Å². The average molecular weight is 527 g/mol. The van der Waals surface area contributed by atoms with E-state index in [4.69, 9.17) is 0 Å². The Labute approximate surface area is 239 Å². The van der Waals surface area contributed by atoms with Crippen molar-refractivity contribution in [2.75, 3.05) is 0 Å². The molecule has 41 heavy (non-hydrogen) atoms. The minimum Gasteiger partial charge on any atom is -0.312 e. The van der Waals surface area contributed by atoms with Gasteiger partial charge in [-0.25, -0.2) is 0 Å². The summed E-state index contributed by atoms with van der Waals surface area (Å²) in [5, 5.41) is 3.95. The second-order valence-electron chi connectivity index (χ2n) is 12.1. The number of benzene rings is 5. The predicted octanol–water partition coefficient (Wildman–Crippen LogP) is 9.99. The number of aromatic nitrogens is 2. The summed E-state index contributed by atoms with van der Waals surface area (Å²) in [4.78, 5) is 0. The second kappa shape index (κ2) is 8.11. The lowest BCUT2D eigenvalue weighted by atomic mass is 9.82. The molecule has 2 nitrogen and oxygen atoms in total. The highest BCUT2D eigenvalue weighted by molar-refractivity contribution is 6.22. The van der Waals surface area contributed by atoms with Crippen molar-refractivity contribution in [2.45, 2.75) is 32.1 Å². The summed E-state index contributed by atoms with van der Waals surface area (Å²) in [7, 11) is 0. The fourth-order valence-electron chi connectivity index (χ4n) is 7.74. The van der Waals surface area contributed by atoms with Crippen molar-refractivity contribution in [1.29, 1.82) is 0 Å². The van der Waals surface area contributed by atoms with Gasteiger partial charge < -0.3 is 9.13 Å². The lowest BCUT2D eigenvalue weighted by molar-refractivity contribution is 0.660. The SMILES string of the molecule is CC1(C)c2ccccc2-c2cc(-n3c4ccccc4c4c5c(ccc43)c3c(n5-c4ccccc4)CCC=C3)ccc21. The van der Waals surface area contributed by atoms with Gasteiger partial charge in [-0.2, -0.15) is 0 Å². The summed E-state index contributed by atoms with van der Waals surface area (Å²) in [6.07, 6.45) is 6.79. The Balaban J connectivity index is 1.41. The summed E-state index contributed by atoms with van der Waals surface area (Å²) >= 11 is 0. The van der Waals surface area contributed by atoms with Crippen molar-refractivity contribution in [2.24, 2.45) is 0 Å². The lowest BCUT2D eigenvalue weighted by Gasteiger charge is -2.21. The Kier molecular flexibility index (Phi) is 4.54. The third-order valence-corrected chi connectivity index (χ3v) is 9.58. The van der Waals surface area contributed by atoms with Crippen LogP contribution in [0.15, 0.2) is 115 Å². The summed E-state index contributed by atoms with van der Waals surface area (Å²) in [5.74, 6) is 0. The van der Waals surface area contributed by atoms with Gasteiger partial charge in [0.15, 0.2) is 0 Å². The summed E-state index contributed by atoms with van der Waals surface area (Å²) in [5.41, 5.74) is 14.6. The first kappa shape index (κ1) is 22.9. The molecule has 0 atom stereocenters. The highest BCUT2D eigenvalue weighted by Gasteiger charge is 2.35. The van der Waals surface area contributed by atoms with Crippen LogP contribution in [0, 0.1) is 0 Å². The topological polar surface area (TPSA) is 9.86 Å². The van der Waals surface area contributed by atoms with Crippen molar-refractivity contribution >= 4 is 38.8 Å². The molecule has 0 saturated carbocycles. The highest BCUT2D eigenvalue weighted by atomic mass is 15.0. The van der Waals surface area contributed by atoms with Gasteiger partial charge in [-0.3, -0.25) is 0 Å². The fraction of sp³-hybridized carbons (Fsp3) is 0.128. The third-order valence-electron chi connectivity index (χ3n) is 9.58. The molecule has 196 valence electrons. The van der Waals surface area contributed by atoms with Crippen LogP contribution >= 0.6 is 0 Å². The van der Waals surface area contributed by atoms with E-state index in [0.29, 0.717) is 0 Å². The predicted molar refractivity (Wildman–Crippen MR) is 173 cm³/mol. The van der Waals surface area contributed by atoms with Gasteiger partial charge in [0, 0.05) is 44.2 Å². The van der Waals surface area contributed by atoms with Crippen molar-refractivity contribution in [3.05, 3.63) is 138 Å². The van der Waals surface area contributed by atoms with Gasteiger partial charge in [-0.15, -0.1) is 0 Å². The zero-order valence-corrected chi connectivity index (χ0v) is 23.4. The molecular weight excluding hydrogens is 496 g/mol. The molecule has 2 heteroatoms. The third kappa shape index (κ3) is 2.97. The number of hydrogen-bond acceptors (Lipinski definition) is 0. The molecule has 0 saturated heterocycles. The van der Waals surface area contributed by atoms with Crippen LogP contribution in [0.4, 0.5) is 0 Å². The molecule has 0 bridgehead atoms. The molecule has 2 aliphatic carbocycles. The summed E-state index contributed by atoms with van der Waals surface area (Å²) in [6.45, 7) is 4.70. The maximum atomic E-state index is 2.54. The second-order valence-corrected chi connectivity index (χ2v) is 12.1. The fourth-order valence-corrected chi connectivity index (χ4v) is 7.74. The molecule has 2 aliphatic rings. The van der Waals surface area contributed by atoms with Crippen molar-refractivity contribution in [1.82, 2.24) is 9.13 Å². The minimum absolute atomic E-state index is 0.000543. The number of fused-ring (bicyclic) bond motifs is 10. The molecule has 0 aliphatic heterocycles. The average Bonchev–Trinajstić information content (AvgIpc) is 3.61. The number of hydrogen-bond donors (Lipinski definition) is 0. The monoisotopic (exact) mass is 526 g/mol. The van der Waals surface area contributed by atoms with Crippen molar-refractivity contribution in [3.8, 4) is 22.5 Å². The maximum absolute atomic E-state index is 2.54. The van der Waals surface area contributed by atoms with Gasteiger partial charge >= 0.3 is 0 Å². The maximum Gasteiger partial charge on any atom is 0.0638 e. The molecule has 0 fully saturated rings. The smallest absolute Gasteiger partial charge is 0.0638 e. The molecule has 2 heterocycles. The first-order valence-corrected chi connectivity index (χ1v) is 14.7. The number of allylic oxidation sites excluding steroid dienone is 1. The first-order valence-electron chi connectivity index (χ1n) is 14.7. The molecule has 2 aromatic heterocycles. The standard InChI is InChI=1S/C39H30N2/c1-39(2)32-17-9-6-14-27(32)31-24-26(20-22-33(31)39)40-35-19-11-8-16-30(35)37-36(40)23-21-29-28-15-7-10-18-34(28)41(38(29)37)25-12-4-3-5-13-25/h3-9,11-17,19-24H,10,18H2,1-2H3. The molecule has 7 aromatic rings. The highest BCUT2D eigenvalue weighted by Crippen LogP contribution is 2.50. The lowest BCUT2D eigenvalue weighted by Crippen LogP contribution is -2.14. The van der Waals surface area contributed by atoms with Crippen LogP contribution in [0.25, 0.3) is 61.3 Å². The van der Waals surface area contributed by atoms with E-state index in [9.17, 15) is 0 Å². The number of rotatable bonds is 2. The Bertz CT molecular complexity index is 2220. The quantitative estimate of drug-likeness (QED) is 0.212. The van der Waals surface area contributed by atoms with Crippen LogP contribution < -0.4 is 0 Å². The van der Waals surface area contributed by atoms with Gasteiger partial charge in [-0.05, 0) is 71.5 Å². The normalized spacial score (nSPS) is 15.0. The van der Waals surface area contributed by atoms with Crippen LogP contribution in [-0.2, 0) is 11.8 Å². The Hall–Kier alpha value is -4.82. The molecule has 0 radical (unpaired) electrons. The van der Waals surface area contributed by atoms with Crippen LogP contribution in [-0.4, -0.2) is 9.13 Å². The Morgan fingerprint density at radius 3 is 2.29 bits per heavy atom. The Morgan fingerprint density at radius 1 is 0.610 bits per heavy atom. The zero-order valence-electron chi connectivity index (χ0n) is 23.4. The van der Waals surface area contributed by atoms with E-state index in [2.05, 4.69) is 144 Å². The summed E-state index contributed by atoms with van der Waals surface area (Å²) < 4.78 is 5.02. The first-order chi connectivity index (χ1) is 20.1. The van der Waals surface area contributed by atoms with Crippen LogP contribution in [0.3, 0.4) is 0 Å². The molecule has 0 unspecified atom stereocenters. The molecular formula is C39H30N2. The van der Waals surface area contributed by atoms with Gasteiger partial charge in [0.05, 0.1) is 16.6 Å². The number of para-hydroxylation sites is 2. The van der Waals surface area contributed by atoms with Crippen LogP contribution in [0.5, 0.6) is 0 Å². The Morgan fingerprint density at radius 2 is 1.39 bits per heavy atom. The largest absolute Gasteiger partial charge is 0.312 e. The van der Waals surface area contributed by atoms with Gasteiger partial charge in [0.1, 0.15) is 0 Å². The van der Waals surface area contributed by atoms with Crippen LogP contribution in [0.1, 0.15) is 42.7 Å². The van der Waals surface area contributed by atoms with Crippen LogP contribution in [0.2, 0.25) is 0 Å². The molecule has 5 aromatic carbocycles. The van der Waals surface area contributed by atoms with Crippen molar-refractivity contribution in [3.63, 3.8) is 0 Å². The van der Waals surface area contributed by atoms with Crippen molar-refractivity contribution < 1.29 is 0 Å². The van der Waals surface area contributed by atoms with Gasteiger partial charge in [0.2, 0.25) is 0 Å². The zero-order chi connectivity index (χ0) is 27.3. The van der Waals surface area contributed by atoms with E-state index < -0.39 is 0 Å². The van der Waals surface area contributed by atoms with E-state index in [1.807, 2.05) is 0 Å². The van der Waals surface area contributed by atoms with E-state index in [1.165, 1.54) is 77.6 Å². The van der Waals surface area contributed by atoms with Gasteiger partial charge in [0.25, 0.3) is 0 Å². The molecule has 0 spiro atoms. The van der Waals surface area contributed by atoms with E-state index >= 15 is 0 Å². The van der Waals surface area contributed by atoms with Gasteiger partial charge in [-0.1, -0.05) is 98.8 Å². The molecule has 0 N–H and O–H groups in total. The molecule has 9 rings (SSSR count). The minimum atomic E-state index is 0.000543. The summed E-state index contributed by atoms with van der Waals surface area (Å²) in [6, 6.07) is 40.6. The molecule has 0 amide bonds.